The molecule has 0 N–H and O–H groups in total. The lowest BCUT2D eigenvalue weighted by Gasteiger charge is -2.07. The number of ketones is 1. The molecule has 3 rings (SSSR count). The Kier molecular flexibility index (Phi) is 4.30. The minimum atomic E-state index is -4.52. The Labute approximate surface area is 145 Å². The Hall–Kier alpha value is -2.74. The first kappa shape index (κ1) is 17.1. The predicted octanol–water partition coefficient (Wildman–Crippen LogP) is 4.20. The number of rotatable bonds is 3. The fourth-order valence-corrected chi connectivity index (χ4v) is 2.39. The maximum atomic E-state index is 12.7. The monoisotopic (exact) mass is 366 g/mol. The van der Waals surface area contributed by atoms with E-state index in [0.717, 1.165) is 6.07 Å². The molecule has 0 fully saturated rings. The van der Waals surface area contributed by atoms with Crippen LogP contribution in [0.4, 0.5) is 13.2 Å². The van der Waals surface area contributed by atoms with Crippen LogP contribution in [0.25, 0.3) is 17.1 Å². The Morgan fingerprint density at radius 2 is 1.88 bits per heavy atom. The third kappa shape index (κ3) is 3.53. The number of alkyl halides is 3. The summed E-state index contributed by atoms with van der Waals surface area (Å²) in [6.07, 6.45) is -2.34. The van der Waals surface area contributed by atoms with E-state index >= 15 is 0 Å². The summed E-state index contributed by atoms with van der Waals surface area (Å²) in [5.41, 5.74) is 0.576. The number of halogens is 4. The second-order valence-electron chi connectivity index (χ2n) is 5.20. The van der Waals surface area contributed by atoms with Crippen molar-refractivity contribution in [3.63, 3.8) is 0 Å². The van der Waals surface area contributed by atoms with E-state index < -0.39 is 11.7 Å². The first-order valence-corrected chi connectivity index (χ1v) is 7.40. The van der Waals surface area contributed by atoms with Crippen LogP contribution in [0.15, 0.2) is 42.7 Å². The summed E-state index contributed by atoms with van der Waals surface area (Å²) in [5, 5.41) is 7.63. The van der Waals surface area contributed by atoms with Crippen LogP contribution in [0.3, 0.4) is 0 Å². The number of hydrogen-bond acceptors (Lipinski definition) is 4. The van der Waals surface area contributed by atoms with E-state index in [1.165, 1.54) is 17.8 Å². The Balaban J connectivity index is 1.92. The van der Waals surface area contributed by atoms with E-state index in [9.17, 15) is 18.0 Å². The summed E-state index contributed by atoms with van der Waals surface area (Å²) in [5.74, 6) is -0.0634. The van der Waals surface area contributed by atoms with E-state index in [2.05, 4.69) is 15.3 Å². The standard InChI is InChI=1S/C16H10ClF3N4O/c1-9(25)10-2-4-12(5-3-10)24-8-14(22-23-24)15-13(17)6-11(7-21-15)16(18,19)20/h2-8H,1H3. The molecular formula is C16H10ClF3N4O. The van der Waals surface area contributed by atoms with Gasteiger partial charge in [0, 0.05) is 11.8 Å². The molecule has 0 amide bonds. The second-order valence-corrected chi connectivity index (χ2v) is 5.61. The zero-order chi connectivity index (χ0) is 18.2. The fourth-order valence-electron chi connectivity index (χ4n) is 2.13. The minimum absolute atomic E-state index is 0.0634. The van der Waals surface area contributed by atoms with Crippen LogP contribution in [-0.2, 0) is 6.18 Å². The van der Waals surface area contributed by atoms with Gasteiger partial charge in [-0.05, 0) is 37.3 Å². The average molecular weight is 367 g/mol. The van der Waals surface area contributed by atoms with Gasteiger partial charge in [-0.25, -0.2) is 4.68 Å². The van der Waals surface area contributed by atoms with E-state index in [1.54, 1.807) is 24.3 Å². The van der Waals surface area contributed by atoms with Gasteiger partial charge in [0.25, 0.3) is 0 Å². The van der Waals surface area contributed by atoms with Crippen molar-refractivity contribution in [1.82, 2.24) is 20.0 Å². The van der Waals surface area contributed by atoms with E-state index in [1.807, 2.05) is 0 Å². The van der Waals surface area contributed by atoms with E-state index in [-0.39, 0.29) is 22.2 Å². The van der Waals surface area contributed by atoms with Gasteiger partial charge in [-0.15, -0.1) is 5.10 Å². The van der Waals surface area contributed by atoms with Crippen LogP contribution >= 0.6 is 11.6 Å². The summed E-state index contributed by atoms with van der Waals surface area (Å²) in [7, 11) is 0. The lowest BCUT2D eigenvalue weighted by atomic mass is 10.1. The highest BCUT2D eigenvalue weighted by atomic mass is 35.5. The van der Waals surface area contributed by atoms with Gasteiger partial charge in [-0.2, -0.15) is 13.2 Å². The Morgan fingerprint density at radius 3 is 2.44 bits per heavy atom. The highest BCUT2D eigenvalue weighted by Crippen LogP contribution is 2.33. The number of carbonyl (C=O) groups is 1. The van der Waals surface area contributed by atoms with E-state index in [4.69, 9.17) is 11.6 Å². The molecule has 0 unspecified atom stereocenters. The molecule has 0 spiro atoms. The van der Waals surface area contributed by atoms with Crippen molar-refractivity contribution >= 4 is 17.4 Å². The molecule has 128 valence electrons. The summed E-state index contributed by atoms with van der Waals surface area (Å²) in [6, 6.07) is 7.43. The van der Waals surface area contributed by atoms with Crippen molar-refractivity contribution in [2.24, 2.45) is 0 Å². The van der Waals surface area contributed by atoms with Crippen molar-refractivity contribution in [3.05, 3.63) is 58.9 Å². The minimum Gasteiger partial charge on any atom is -0.295 e. The van der Waals surface area contributed by atoms with Gasteiger partial charge in [0.2, 0.25) is 0 Å². The van der Waals surface area contributed by atoms with Crippen LogP contribution < -0.4 is 0 Å². The molecule has 0 aliphatic heterocycles. The topological polar surface area (TPSA) is 60.7 Å². The van der Waals surface area contributed by atoms with Crippen LogP contribution in [0.5, 0.6) is 0 Å². The van der Waals surface area contributed by atoms with Crippen LogP contribution in [0.1, 0.15) is 22.8 Å². The number of aromatic nitrogens is 4. The molecule has 2 aromatic heterocycles. The molecule has 0 bridgehead atoms. The summed E-state index contributed by atoms with van der Waals surface area (Å²) < 4.78 is 39.4. The smallest absolute Gasteiger partial charge is 0.295 e. The molecule has 1 aromatic carbocycles. The number of pyridine rings is 1. The van der Waals surface area contributed by atoms with Crippen molar-refractivity contribution in [3.8, 4) is 17.1 Å². The molecule has 2 heterocycles. The van der Waals surface area contributed by atoms with Gasteiger partial charge in [0.1, 0.15) is 11.4 Å². The lowest BCUT2D eigenvalue weighted by molar-refractivity contribution is -0.137. The first-order chi connectivity index (χ1) is 11.8. The third-order valence-electron chi connectivity index (χ3n) is 3.44. The molecule has 0 aliphatic carbocycles. The molecule has 0 aliphatic rings. The maximum absolute atomic E-state index is 12.7. The predicted molar refractivity (Wildman–Crippen MR) is 84.6 cm³/mol. The zero-order valence-electron chi connectivity index (χ0n) is 12.8. The molecule has 25 heavy (non-hydrogen) atoms. The molecule has 0 saturated heterocycles. The van der Waals surface area contributed by atoms with Crippen molar-refractivity contribution < 1.29 is 18.0 Å². The SMILES string of the molecule is CC(=O)c1ccc(-n2cc(-c3ncc(C(F)(F)F)cc3Cl)nn2)cc1. The van der Waals surface area contributed by atoms with Crippen LogP contribution in [0, 0.1) is 0 Å². The molecule has 5 nitrogen and oxygen atoms in total. The Bertz CT molecular complexity index is 935. The van der Waals surface area contributed by atoms with Gasteiger partial charge in [-0.3, -0.25) is 9.78 Å². The van der Waals surface area contributed by atoms with Gasteiger partial charge in [0.15, 0.2) is 5.78 Å². The van der Waals surface area contributed by atoms with Crippen molar-refractivity contribution in [1.29, 1.82) is 0 Å². The molecule has 9 heteroatoms. The first-order valence-electron chi connectivity index (χ1n) is 7.02. The highest BCUT2D eigenvalue weighted by Gasteiger charge is 2.31. The average Bonchev–Trinajstić information content (AvgIpc) is 3.03. The zero-order valence-corrected chi connectivity index (χ0v) is 13.5. The Morgan fingerprint density at radius 1 is 1.20 bits per heavy atom. The summed E-state index contributed by atoms with van der Waals surface area (Å²) in [6.45, 7) is 1.46. The number of hydrogen-bond donors (Lipinski definition) is 0. The number of nitrogens with zero attached hydrogens (tertiary/aromatic N) is 4. The summed E-state index contributed by atoms with van der Waals surface area (Å²) in [4.78, 5) is 15.0. The van der Waals surface area contributed by atoms with Gasteiger partial charge in [0.05, 0.1) is 22.5 Å². The number of carbonyl (C=O) groups excluding carboxylic acids is 1. The van der Waals surface area contributed by atoms with E-state index in [0.29, 0.717) is 17.4 Å². The molecule has 0 saturated carbocycles. The van der Waals surface area contributed by atoms with Gasteiger partial charge >= 0.3 is 6.18 Å². The molecule has 0 atom stereocenters. The van der Waals surface area contributed by atoms with Gasteiger partial charge in [-0.1, -0.05) is 16.8 Å². The van der Waals surface area contributed by atoms with Crippen molar-refractivity contribution in [2.45, 2.75) is 13.1 Å². The second kappa shape index (κ2) is 6.29. The van der Waals surface area contributed by atoms with Crippen molar-refractivity contribution in [2.75, 3.05) is 0 Å². The number of Topliss-reactive ketones (excluding diaryl/α,β-unsaturated/α-hetero) is 1. The number of benzene rings is 1. The lowest BCUT2D eigenvalue weighted by Crippen LogP contribution is -2.05. The maximum Gasteiger partial charge on any atom is 0.417 e. The summed E-state index contributed by atoms with van der Waals surface area (Å²) >= 11 is 5.90. The highest BCUT2D eigenvalue weighted by molar-refractivity contribution is 6.33. The normalized spacial score (nSPS) is 11.6. The largest absolute Gasteiger partial charge is 0.417 e. The van der Waals surface area contributed by atoms with Crippen LogP contribution in [0.2, 0.25) is 5.02 Å². The molecular weight excluding hydrogens is 357 g/mol. The fraction of sp³-hybridized carbons (Fsp3) is 0.125. The van der Waals surface area contributed by atoms with Crippen LogP contribution in [-0.4, -0.2) is 25.8 Å². The van der Waals surface area contributed by atoms with Gasteiger partial charge < -0.3 is 0 Å². The molecule has 3 aromatic rings. The third-order valence-corrected chi connectivity index (χ3v) is 3.73. The molecule has 0 radical (unpaired) electrons. The quantitative estimate of drug-likeness (QED) is 0.652.